The van der Waals surface area contributed by atoms with Gasteiger partial charge in [0.05, 0.1) is 29.7 Å². The molecule has 0 fully saturated rings. The smallest absolute Gasteiger partial charge is 0.197 e. The van der Waals surface area contributed by atoms with Gasteiger partial charge in [-0.15, -0.1) is 0 Å². The van der Waals surface area contributed by atoms with E-state index in [4.69, 9.17) is 15.3 Å². The number of thioether (sulfide) groups is 2. The van der Waals surface area contributed by atoms with Crippen molar-refractivity contribution in [3.05, 3.63) is 108 Å². The molecule has 0 heterocycles. The highest BCUT2D eigenvalue weighted by Crippen LogP contribution is 2.32. The number of nitriles is 2. The normalized spacial score (nSPS) is 11.3. The Labute approximate surface area is 219 Å². The lowest BCUT2D eigenvalue weighted by atomic mass is 10.0. The molecule has 6 heteroatoms. The van der Waals surface area contributed by atoms with Crippen molar-refractivity contribution in [3.8, 4) is 34.4 Å². The second-order valence-electron chi connectivity index (χ2n) is 7.89. The molecule has 0 saturated carbocycles. The van der Waals surface area contributed by atoms with Gasteiger partial charge in [0.25, 0.3) is 0 Å². The molecule has 0 aromatic heterocycles. The molecule has 1 atom stereocenters. The molecule has 36 heavy (non-hydrogen) atoms. The highest BCUT2D eigenvalue weighted by Gasteiger charge is 2.16. The summed E-state index contributed by atoms with van der Waals surface area (Å²) in [5.41, 5.74) is 5.15. The maximum absolute atomic E-state index is 12.7. The molecular weight excluding hydrogens is 484 g/mol. The fourth-order valence-electron chi connectivity index (χ4n) is 3.55. The summed E-state index contributed by atoms with van der Waals surface area (Å²) in [6.07, 6.45) is 0.278. The average molecular weight is 507 g/mol. The zero-order valence-electron chi connectivity index (χ0n) is 19.5. The van der Waals surface area contributed by atoms with E-state index in [2.05, 4.69) is 12.1 Å². The number of methoxy groups -OCH3 is 1. The summed E-state index contributed by atoms with van der Waals surface area (Å²) >= 11 is 2.73. The largest absolute Gasteiger partial charge is 0.370 e. The lowest BCUT2D eigenvalue weighted by Gasteiger charge is -2.14. The van der Waals surface area contributed by atoms with Crippen LogP contribution < -0.4 is 0 Å². The topological polar surface area (TPSA) is 73.9 Å². The number of benzene rings is 4. The lowest BCUT2D eigenvalue weighted by Crippen LogP contribution is -2.10. The first-order valence-electron chi connectivity index (χ1n) is 11.2. The van der Waals surface area contributed by atoms with Crippen LogP contribution in [0.15, 0.2) is 107 Å². The van der Waals surface area contributed by atoms with E-state index < -0.39 is 0 Å². The number of ether oxygens (including phenoxy) is 1. The van der Waals surface area contributed by atoms with Crippen LogP contribution >= 0.6 is 23.5 Å². The summed E-state index contributed by atoms with van der Waals surface area (Å²) < 4.78 is 5.57. The van der Waals surface area contributed by atoms with Crippen molar-refractivity contribution in [2.24, 2.45) is 0 Å². The van der Waals surface area contributed by atoms with E-state index >= 15 is 0 Å². The van der Waals surface area contributed by atoms with Crippen LogP contribution in [0.4, 0.5) is 0 Å². The molecule has 0 aliphatic heterocycles. The van der Waals surface area contributed by atoms with Crippen LogP contribution in [0.2, 0.25) is 0 Å². The van der Waals surface area contributed by atoms with Crippen LogP contribution in [0.1, 0.15) is 17.5 Å². The van der Waals surface area contributed by atoms with Gasteiger partial charge in [-0.3, -0.25) is 4.79 Å². The van der Waals surface area contributed by atoms with Crippen molar-refractivity contribution in [2.45, 2.75) is 21.6 Å². The van der Waals surface area contributed by atoms with Gasteiger partial charge in [0, 0.05) is 16.9 Å². The number of nitrogens with zero attached hydrogens (tertiary/aromatic N) is 2. The number of hydrogen-bond donors (Lipinski definition) is 0. The molecule has 0 saturated heterocycles. The van der Waals surface area contributed by atoms with Crippen LogP contribution in [-0.2, 0) is 9.53 Å². The molecule has 4 nitrogen and oxygen atoms in total. The van der Waals surface area contributed by atoms with Gasteiger partial charge in [0.1, 0.15) is 5.44 Å². The van der Waals surface area contributed by atoms with Crippen LogP contribution in [0.25, 0.3) is 22.3 Å². The minimum atomic E-state index is -0.288. The summed E-state index contributed by atoms with van der Waals surface area (Å²) in [6.45, 7) is 0. The average Bonchev–Trinajstić information content (AvgIpc) is 2.93. The molecule has 0 amide bonds. The molecule has 0 radical (unpaired) electrons. The molecule has 0 spiro atoms. The summed E-state index contributed by atoms with van der Waals surface area (Å²) in [4.78, 5) is 14.6. The molecule has 0 N–H and O–H groups in total. The third-order valence-electron chi connectivity index (χ3n) is 5.50. The van der Waals surface area contributed by atoms with Crippen molar-refractivity contribution in [2.75, 3.05) is 7.11 Å². The molecule has 4 aromatic carbocycles. The maximum Gasteiger partial charge on any atom is 0.197 e. The minimum absolute atomic E-state index is 0.0367. The van der Waals surface area contributed by atoms with Crippen LogP contribution in [0.3, 0.4) is 0 Å². The van der Waals surface area contributed by atoms with Crippen molar-refractivity contribution >= 4 is 28.6 Å². The highest BCUT2D eigenvalue weighted by atomic mass is 32.2. The second-order valence-corrected chi connectivity index (χ2v) is 10.3. The predicted molar refractivity (Wildman–Crippen MR) is 145 cm³/mol. The van der Waals surface area contributed by atoms with Gasteiger partial charge in [0.2, 0.25) is 0 Å². The van der Waals surface area contributed by atoms with E-state index in [0.29, 0.717) is 11.1 Å². The van der Waals surface area contributed by atoms with Gasteiger partial charge in [-0.05, 0) is 70.8 Å². The first-order valence-corrected chi connectivity index (χ1v) is 12.9. The van der Waals surface area contributed by atoms with Gasteiger partial charge >= 0.3 is 0 Å². The molecule has 4 rings (SSSR count). The molecule has 0 aliphatic rings. The summed E-state index contributed by atoms with van der Waals surface area (Å²) in [7, 11) is 1.62. The van der Waals surface area contributed by atoms with Crippen LogP contribution in [0, 0.1) is 22.7 Å². The zero-order chi connectivity index (χ0) is 25.3. The van der Waals surface area contributed by atoms with Crippen molar-refractivity contribution in [1.82, 2.24) is 0 Å². The van der Waals surface area contributed by atoms with Gasteiger partial charge in [-0.25, -0.2) is 0 Å². The van der Waals surface area contributed by atoms with E-state index in [1.807, 2.05) is 84.9 Å². The number of carbonyl (C=O) groups is 1. The fraction of sp³-hybridized carbons (Fsp3) is 0.100. The van der Waals surface area contributed by atoms with Gasteiger partial charge < -0.3 is 4.74 Å². The SMILES string of the molecule is COC(CC(=O)Sc1ccc(-c2ccc(C#N)cc2)cc1)Sc1ccc(-c2ccc(C#N)cc2)cc1. The van der Waals surface area contributed by atoms with Gasteiger partial charge in [-0.1, -0.05) is 72.1 Å². The van der Waals surface area contributed by atoms with Crippen LogP contribution in [0.5, 0.6) is 0 Å². The maximum atomic E-state index is 12.7. The van der Waals surface area contributed by atoms with Gasteiger partial charge in [0.15, 0.2) is 5.12 Å². The molecule has 0 aliphatic carbocycles. The van der Waals surface area contributed by atoms with Crippen LogP contribution in [-0.4, -0.2) is 17.7 Å². The summed E-state index contributed by atoms with van der Waals surface area (Å²) in [5.74, 6) is 0. The monoisotopic (exact) mass is 506 g/mol. The molecular formula is C30H22N2O2S2. The van der Waals surface area contributed by atoms with E-state index in [9.17, 15) is 4.79 Å². The quantitative estimate of drug-likeness (QED) is 0.182. The molecule has 4 aromatic rings. The summed E-state index contributed by atoms with van der Waals surface area (Å²) in [6, 6.07) is 35.1. The van der Waals surface area contributed by atoms with E-state index in [1.54, 1.807) is 19.2 Å². The third-order valence-corrected chi connectivity index (χ3v) is 7.57. The van der Waals surface area contributed by atoms with E-state index in [-0.39, 0.29) is 17.0 Å². The standard InChI is InChI=1S/C30H22N2O2S2/c1-34-30(36-28-16-12-26(13-17-28)24-8-4-22(20-32)5-9-24)18-29(33)35-27-14-10-25(11-15-27)23-6-2-21(19-31)3-7-23/h2-17,30H,18H2,1H3. The van der Waals surface area contributed by atoms with Gasteiger partial charge in [-0.2, -0.15) is 10.5 Å². The lowest BCUT2D eigenvalue weighted by molar-refractivity contribution is -0.112. The zero-order valence-corrected chi connectivity index (χ0v) is 21.2. The Morgan fingerprint density at radius 2 is 1.08 bits per heavy atom. The molecule has 1 unspecified atom stereocenters. The summed E-state index contributed by atoms with van der Waals surface area (Å²) in [5, 5.41) is 17.9. The number of hydrogen-bond acceptors (Lipinski definition) is 6. The highest BCUT2D eigenvalue weighted by molar-refractivity contribution is 8.13. The van der Waals surface area contributed by atoms with E-state index in [0.717, 1.165) is 32.0 Å². The minimum Gasteiger partial charge on any atom is -0.370 e. The number of carbonyl (C=O) groups excluding carboxylic acids is 1. The Hall–Kier alpha value is -3.81. The Kier molecular flexibility index (Phi) is 8.60. The molecule has 0 bridgehead atoms. The number of rotatable bonds is 8. The predicted octanol–water partition coefficient (Wildman–Crippen LogP) is 7.54. The Morgan fingerprint density at radius 3 is 1.47 bits per heavy atom. The Balaban J connectivity index is 1.32. The third kappa shape index (κ3) is 6.65. The molecule has 176 valence electrons. The Morgan fingerprint density at radius 1 is 0.694 bits per heavy atom. The van der Waals surface area contributed by atoms with Crippen molar-refractivity contribution in [1.29, 1.82) is 10.5 Å². The fourth-order valence-corrected chi connectivity index (χ4v) is 5.35. The first kappa shape index (κ1) is 25.3. The van der Waals surface area contributed by atoms with E-state index in [1.165, 1.54) is 23.5 Å². The Bertz CT molecular complexity index is 1400. The van der Waals surface area contributed by atoms with Crippen molar-refractivity contribution in [3.63, 3.8) is 0 Å². The van der Waals surface area contributed by atoms with Crippen molar-refractivity contribution < 1.29 is 9.53 Å². The first-order chi connectivity index (χ1) is 17.6. The second kappa shape index (κ2) is 12.2.